The Labute approximate surface area is 113 Å². The fraction of sp³-hybridized carbons (Fsp3) is 0.714. The number of hydrogen-bond donors (Lipinski definition) is 1. The molecule has 1 fully saturated rings. The van der Waals surface area contributed by atoms with Crippen LogP contribution in [-0.2, 0) is 6.54 Å². The van der Waals surface area contributed by atoms with Gasteiger partial charge in [-0.1, -0.05) is 25.8 Å². The first-order valence-corrected chi connectivity index (χ1v) is 8.62. The van der Waals surface area contributed by atoms with E-state index in [1.807, 2.05) is 11.3 Å². The Bertz CT molecular complexity index is 297. The molecule has 1 aromatic rings. The molecule has 1 nitrogen and oxygen atoms in total. The van der Waals surface area contributed by atoms with E-state index < -0.39 is 0 Å². The maximum Gasteiger partial charge on any atom is 0.0300 e. The van der Waals surface area contributed by atoms with E-state index in [-0.39, 0.29) is 0 Å². The van der Waals surface area contributed by atoms with Gasteiger partial charge >= 0.3 is 0 Å². The van der Waals surface area contributed by atoms with Crippen molar-refractivity contribution in [1.29, 1.82) is 0 Å². The molecule has 1 aliphatic carbocycles. The summed E-state index contributed by atoms with van der Waals surface area (Å²) >= 11 is 4.02. The van der Waals surface area contributed by atoms with Gasteiger partial charge in [0.05, 0.1) is 0 Å². The predicted octanol–water partition coefficient (Wildman–Crippen LogP) is 4.15. The average molecular weight is 269 g/mol. The average Bonchev–Trinajstić information content (AvgIpc) is 2.82. The number of thioether (sulfide) groups is 1. The molecule has 0 aromatic carbocycles. The molecule has 2 unspecified atom stereocenters. The molecule has 1 saturated carbocycles. The first-order chi connectivity index (χ1) is 8.34. The fourth-order valence-electron chi connectivity index (χ4n) is 2.45. The lowest BCUT2D eigenvalue weighted by molar-refractivity contribution is 0.394. The zero-order chi connectivity index (χ0) is 11.9. The maximum absolute atomic E-state index is 3.53. The third-order valence-corrected chi connectivity index (χ3v) is 5.62. The Morgan fingerprint density at radius 3 is 3.18 bits per heavy atom. The summed E-state index contributed by atoms with van der Waals surface area (Å²) in [4.78, 5) is 1.45. The molecule has 0 spiro atoms. The molecule has 0 saturated heterocycles. The minimum atomic E-state index is 0.933. The highest BCUT2D eigenvalue weighted by Crippen LogP contribution is 2.31. The molecule has 0 aliphatic heterocycles. The van der Waals surface area contributed by atoms with E-state index in [2.05, 4.69) is 41.5 Å². The van der Waals surface area contributed by atoms with Crippen LogP contribution in [0.2, 0.25) is 0 Å². The summed E-state index contributed by atoms with van der Waals surface area (Å²) in [6, 6.07) is 4.33. The standard InChI is InChI=1S/C14H23NS2/c1-12-4-2-5-13(10-12)17-9-7-15-11-14-6-3-8-16-14/h3,6,8,12-13,15H,2,4-5,7,9-11H2,1H3. The molecule has 2 rings (SSSR count). The fourth-order valence-corrected chi connectivity index (χ4v) is 4.52. The van der Waals surface area contributed by atoms with Gasteiger partial charge in [0.1, 0.15) is 0 Å². The molecule has 96 valence electrons. The van der Waals surface area contributed by atoms with Gasteiger partial charge < -0.3 is 5.32 Å². The summed E-state index contributed by atoms with van der Waals surface area (Å²) in [5, 5.41) is 6.61. The van der Waals surface area contributed by atoms with Crippen LogP contribution >= 0.6 is 23.1 Å². The van der Waals surface area contributed by atoms with Crippen LogP contribution in [0.4, 0.5) is 0 Å². The number of rotatable bonds is 6. The van der Waals surface area contributed by atoms with Gasteiger partial charge in [-0.25, -0.2) is 0 Å². The van der Waals surface area contributed by atoms with E-state index >= 15 is 0 Å². The van der Waals surface area contributed by atoms with Gasteiger partial charge in [-0.05, 0) is 30.2 Å². The molecule has 0 bridgehead atoms. The number of hydrogen-bond acceptors (Lipinski definition) is 3. The smallest absolute Gasteiger partial charge is 0.0300 e. The minimum absolute atomic E-state index is 0.933. The third-order valence-electron chi connectivity index (χ3n) is 3.40. The van der Waals surface area contributed by atoms with Crippen LogP contribution < -0.4 is 5.32 Å². The van der Waals surface area contributed by atoms with Crippen LogP contribution in [0.1, 0.15) is 37.5 Å². The van der Waals surface area contributed by atoms with Crippen LogP contribution in [0.15, 0.2) is 17.5 Å². The summed E-state index contributed by atoms with van der Waals surface area (Å²) in [7, 11) is 0. The Morgan fingerprint density at radius 1 is 1.47 bits per heavy atom. The van der Waals surface area contributed by atoms with Gasteiger partial charge in [-0.15, -0.1) is 11.3 Å². The van der Waals surface area contributed by atoms with Gasteiger partial charge in [0.2, 0.25) is 0 Å². The van der Waals surface area contributed by atoms with Crippen molar-refractivity contribution >= 4 is 23.1 Å². The van der Waals surface area contributed by atoms with Crippen molar-refractivity contribution in [2.45, 2.75) is 44.4 Å². The van der Waals surface area contributed by atoms with Crippen LogP contribution in [0.5, 0.6) is 0 Å². The van der Waals surface area contributed by atoms with Crippen LogP contribution in [0.25, 0.3) is 0 Å². The summed E-state index contributed by atoms with van der Waals surface area (Å²) in [6.45, 7) is 4.59. The van der Waals surface area contributed by atoms with Crippen molar-refractivity contribution in [1.82, 2.24) is 5.32 Å². The zero-order valence-electron chi connectivity index (χ0n) is 10.7. The van der Waals surface area contributed by atoms with Crippen molar-refractivity contribution in [2.24, 2.45) is 5.92 Å². The highest BCUT2D eigenvalue weighted by atomic mass is 32.2. The summed E-state index contributed by atoms with van der Waals surface area (Å²) in [5.41, 5.74) is 0. The maximum atomic E-state index is 3.53. The van der Waals surface area contributed by atoms with Gasteiger partial charge in [0.15, 0.2) is 0 Å². The van der Waals surface area contributed by atoms with Gasteiger partial charge in [-0.3, -0.25) is 0 Å². The molecule has 1 N–H and O–H groups in total. The molecule has 3 heteroatoms. The molecule has 1 aliphatic rings. The lowest BCUT2D eigenvalue weighted by Gasteiger charge is -2.26. The highest BCUT2D eigenvalue weighted by molar-refractivity contribution is 7.99. The Hall–Kier alpha value is 0.01000. The third kappa shape index (κ3) is 5.02. The quantitative estimate of drug-likeness (QED) is 0.779. The number of thiophene rings is 1. The lowest BCUT2D eigenvalue weighted by Crippen LogP contribution is -2.20. The molecular formula is C14H23NS2. The number of nitrogens with one attached hydrogen (secondary N) is 1. The Morgan fingerprint density at radius 2 is 2.41 bits per heavy atom. The molecule has 0 radical (unpaired) electrons. The molecular weight excluding hydrogens is 246 g/mol. The molecule has 1 heterocycles. The Kier molecular flexibility index (Phi) is 5.89. The van der Waals surface area contributed by atoms with Crippen LogP contribution in [0.3, 0.4) is 0 Å². The van der Waals surface area contributed by atoms with Gasteiger partial charge in [0, 0.05) is 29.0 Å². The van der Waals surface area contributed by atoms with Gasteiger partial charge in [0.25, 0.3) is 0 Å². The van der Waals surface area contributed by atoms with Crippen molar-refractivity contribution < 1.29 is 0 Å². The van der Waals surface area contributed by atoms with Crippen LogP contribution in [-0.4, -0.2) is 17.5 Å². The largest absolute Gasteiger partial charge is 0.311 e. The van der Waals surface area contributed by atoms with E-state index in [1.165, 1.54) is 36.3 Å². The molecule has 2 atom stereocenters. The SMILES string of the molecule is CC1CCCC(SCCNCc2cccs2)C1. The topological polar surface area (TPSA) is 12.0 Å². The van der Waals surface area contributed by atoms with Crippen molar-refractivity contribution in [2.75, 3.05) is 12.3 Å². The van der Waals surface area contributed by atoms with E-state index in [9.17, 15) is 0 Å². The van der Waals surface area contributed by atoms with E-state index in [0.717, 1.165) is 24.3 Å². The normalized spacial score (nSPS) is 25.0. The summed E-state index contributed by atoms with van der Waals surface area (Å²) < 4.78 is 0. The lowest BCUT2D eigenvalue weighted by atomic mass is 9.91. The van der Waals surface area contributed by atoms with E-state index in [0.29, 0.717) is 0 Å². The van der Waals surface area contributed by atoms with E-state index in [4.69, 9.17) is 0 Å². The van der Waals surface area contributed by atoms with Gasteiger partial charge in [-0.2, -0.15) is 11.8 Å². The van der Waals surface area contributed by atoms with Crippen LogP contribution in [0, 0.1) is 5.92 Å². The molecule has 1 aromatic heterocycles. The second-order valence-corrected chi connectivity index (χ2v) is 7.46. The monoisotopic (exact) mass is 269 g/mol. The van der Waals surface area contributed by atoms with E-state index in [1.54, 1.807) is 0 Å². The summed E-state index contributed by atoms with van der Waals surface area (Å²) in [6.07, 6.45) is 5.78. The zero-order valence-corrected chi connectivity index (χ0v) is 12.3. The highest BCUT2D eigenvalue weighted by Gasteiger charge is 2.18. The minimum Gasteiger partial charge on any atom is -0.311 e. The van der Waals surface area contributed by atoms with Crippen molar-refractivity contribution in [3.05, 3.63) is 22.4 Å². The molecule has 17 heavy (non-hydrogen) atoms. The second kappa shape index (κ2) is 7.45. The Balaban J connectivity index is 1.51. The predicted molar refractivity (Wildman–Crippen MR) is 79.9 cm³/mol. The van der Waals surface area contributed by atoms with Crippen molar-refractivity contribution in [3.8, 4) is 0 Å². The first-order valence-electron chi connectivity index (χ1n) is 6.69. The van der Waals surface area contributed by atoms with Crippen molar-refractivity contribution in [3.63, 3.8) is 0 Å². The summed E-state index contributed by atoms with van der Waals surface area (Å²) in [5.74, 6) is 2.23. The molecule has 0 amide bonds. The first kappa shape index (κ1) is 13.4. The second-order valence-electron chi connectivity index (χ2n) is 5.02.